The Bertz CT molecular complexity index is 587. The van der Waals surface area contributed by atoms with E-state index >= 15 is 0 Å². The van der Waals surface area contributed by atoms with Gasteiger partial charge in [-0.25, -0.2) is 0 Å². The zero-order chi connectivity index (χ0) is 15.2. The summed E-state index contributed by atoms with van der Waals surface area (Å²) in [4.78, 5) is 36.9. The predicted molar refractivity (Wildman–Crippen MR) is 69.8 cm³/mol. The molecule has 2 fully saturated rings. The van der Waals surface area contributed by atoms with Crippen LogP contribution in [-0.4, -0.2) is 29.9 Å². The minimum atomic E-state index is -1.45. The summed E-state index contributed by atoms with van der Waals surface area (Å²) in [6, 6.07) is 0. The molecule has 6 nitrogen and oxygen atoms in total. The third-order valence-electron chi connectivity index (χ3n) is 4.86. The molecule has 2 saturated carbocycles. The average molecular weight is 292 g/mol. The molecular formula is C15H16O6. The molecule has 0 aromatic carbocycles. The number of hydrogen-bond donors (Lipinski definition) is 1. The number of fused-ring (bicyclic) bond motifs is 1. The molecule has 21 heavy (non-hydrogen) atoms. The number of carboxylic acids is 1. The highest BCUT2D eigenvalue weighted by Crippen LogP contribution is 2.59. The summed E-state index contributed by atoms with van der Waals surface area (Å²) in [5, 5.41) is 9.71. The third-order valence-corrected chi connectivity index (χ3v) is 4.86. The summed E-state index contributed by atoms with van der Waals surface area (Å²) >= 11 is 0. The highest BCUT2D eigenvalue weighted by atomic mass is 16.5. The third kappa shape index (κ3) is 1.68. The molecule has 1 aliphatic heterocycles. The van der Waals surface area contributed by atoms with Crippen LogP contribution in [0, 0.1) is 17.3 Å². The van der Waals surface area contributed by atoms with Crippen molar-refractivity contribution in [3.63, 3.8) is 0 Å². The van der Waals surface area contributed by atoms with E-state index in [4.69, 9.17) is 9.47 Å². The fourth-order valence-electron chi connectivity index (χ4n) is 4.04. The average Bonchev–Trinajstić information content (AvgIpc) is 2.66. The molecule has 0 spiro atoms. The van der Waals surface area contributed by atoms with Crippen molar-refractivity contribution in [3.8, 4) is 0 Å². The van der Waals surface area contributed by atoms with Gasteiger partial charge in [0, 0.05) is 12.3 Å². The Morgan fingerprint density at radius 1 is 1.33 bits per heavy atom. The van der Waals surface area contributed by atoms with Gasteiger partial charge in [0.25, 0.3) is 0 Å². The van der Waals surface area contributed by atoms with Gasteiger partial charge in [0.05, 0.1) is 19.6 Å². The topological polar surface area (TPSA) is 89.9 Å². The SMILES string of the molecule is COC(=O)[C@]12C3=COC=C(CCC(=O)[C@@H]1CC3)[C@@H]2C(=O)O. The number of Topliss-reactive ketones (excluding diaryl/α,β-unsaturated/α-hetero) is 1. The Labute approximate surface area is 121 Å². The first kappa shape index (κ1) is 13.9. The summed E-state index contributed by atoms with van der Waals surface area (Å²) in [5.41, 5.74) is -0.429. The number of ether oxygens (including phenoxy) is 2. The van der Waals surface area contributed by atoms with E-state index < -0.39 is 29.2 Å². The summed E-state index contributed by atoms with van der Waals surface area (Å²) in [6.07, 6.45) is 4.24. The van der Waals surface area contributed by atoms with E-state index in [1.165, 1.54) is 19.6 Å². The number of carbonyl (C=O) groups is 3. The molecule has 2 bridgehead atoms. The Kier molecular flexibility index (Phi) is 3.11. The van der Waals surface area contributed by atoms with Crippen molar-refractivity contribution in [3.05, 3.63) is 23.7 Å². The fourth-order valence-corrected chi connectivity index (χ4v) is 4.04. The van der Waals surface area contributed by atoms with Gasteiger partial charge in [-0.15, -0.1) is 0 Å². The molecule has 0 aromatic rings. The van der Waals surface area contributed by atoms with Crippen LogP contribution in [-0.2, 0) is 23.9 Å². The van der Waals surface area contributed by atoms with Gasteiger partial charge in [0.1, 0.15) is 17.1 Å². The second-order valence-corrected chi connectivity index (χ2v) is 5.66. The minimum Gasteiger partial charge on any atom is -0.481 e. The maximum Gasteiger partial charge on any atom is 0.318 e. The number of hydrogen-bond acceptors (Lipinski definition) is 5. The van der Waals surface area contributed by atoms with Crippen LogP contribution in [0.5, 0.6) is 0 Å². The molecule has 3 aliphatic rings. The first-order valence-electron chi connectivity index (χ1n) is 6.91. The van der Waals surface area contributed by atoms with Gasteiger partial charge < -0.3 is 14.6 Å². The van der Waals surface area contributed by atoms with E-state index in [1.807, 2.05) is 0 Å². The van der Waals surface area contributed by atoms with Crippen LogP contribution in [0.25, 0.3) is 0 Å². The largest absolute Gasteiger partial charge is 0.481 e. The van der Waals surface area contributed by atoms with Crippen molar-refractivity contribution >= 4 is 17.7 Å². The summed E-state index contributed by atoms with van der Waals surface area (Å²) in [5.74, 6) is -3.59. The molecule has 2 aliphatic carbocycles. The van der Waals surface area contributed by atoms with E-state index in [2.05, 4.69) is 0 Å². The number of rotatable bonds is 2. The lowest BCUT2D eigenvalue weighted by Gasteiger charge is -2.35. The van der Waals surface area contributed by atoms with E-state index in [-0.39, 0.29) is 12.2 Å². The number of carbonyl (C=O) groups excluding carboxylic acids is 2. The van der Waals surface area contributed by atoms with E-state index in [0.717, 1.165) is 0 Å². The van der Waals surface area contributed by atoms with E-state index in [9.17, 15) is 19.5 Å². The van der Waals surface area contributed by atoms with Crippen molar-refractivity contribution in [2.45, 2.75) is 25.7 Å². The number of aliphatic carboxylic acids is 1. The van der Waals surface area contributed by atoms with Gasteiger partial charge in [0.2, 0.25) is 0 Å². The Hall–Kier alpha value is -2.11. The number of ketones is 1. The Balaban J connectivity index is 2.31. The monoisotopic (exact) mass is 292 g/mol. The molecule has 0 radical (unpaired) electrons. The maximum absolute atomic E-state index is 12.6. The van der Waals surface area contributed by atoms with Crippen LogP contribution in [0.15, 0.2) is 23.7 Å². The first-order chi connectivity index (χ1) is 10.0. The zero-order valence-corrected chi connectivity index (χ0v) is 11.6. The Morgan fingerprint density at radius 2 is 2.10 bits per heavy atom. The van der Waals surface area contributed by atoms with Crippen molar-refractivity contribution < 1.29 is 29.0 Å². The van der Waals surface area contributed by atoms with Crippen LogP contribution < -0.4 is 0 Å². The van der Waals surface area contributed by atoms with Gasteiger partial charge in [-0.2, -0.15) is 0 Å². The highest BCUT2D eigenvalue weighted by Gasteiger charge is 2.65. The molecule has 1 N–H and O–H groups in total. The van der Waals surface area contributed by atoms with Gasteiger partial charge in [0.15, 0.2) is 0 Å². The van der Waals surface area contributed by atoms with Gasteiger partial charge in [-0.3, -0.25) is 14.4 Å². The molecular weight excluding hydrogens is 276 g/mol. The first-order valence-corrected chi connectivity index (χ1v) is 6.91. The van der Waals surface area contributed by atoms with Crippen molar-refractivity contribution in [1.29, 1.82) is 0 Å². The van der Waals surface area contributed by atoms with Crippen molar-refractivity contribution in [2.75, 3.05) is 7.11 Å². The van der Waals surface area contributed by atoms with Gasteiger partial charge in [-0.05, 0) is 30.4 Å². The van der Waals surface area contributed by atoms with Crippen LogP contribution in [0.2, 0.25) is 0 Å². The second-order valence-electron chi connectivity index (χ2n) is 5.66. The normalized spacial score (nSPS) is 34.0. The summed E-state index contributed by atoms with van der Waals surface area (Å²) in [6.45, 7) is 0. The quantitative estimate of drug-likeness (QED) is 0.774. The molecule has 0 saturated heterocycles. The summed E-state index contributed by atoms with van der Waals surface area (Å²) < 4.78 is 10.2. The number of esters is 1. The molecule has 1 heterocycles. The van der Waals surface area contributed by atoms with Gasteiger partial charge >= 0.3 is 11.9 Å². The molecule has 112 valence electrons. The predicted octanol–water partition coefficient (Wildman–Crippen LogP) is 1.42. The smallest absolute Gasteiger partial charge is 0.318 e. The molecule has 6 heteroatoms. The second kappa shape index (κ2) is 4.72. The molecule has 3 atom stereocenters. The maximum atomic E-state index is 12.6. The van der Waals surface area contributed by atoms with E-state index in [1.54, 1.807) is 0 Å². The number of methoxy groups -OCH3 is 1. The molecule has 3 rings (SSSR count). The molecule has 0 aromatic heterocycles. The standard InChI is InChI=1S/C15H16O6/c1-20-14(19)15-9-3-4-10(15)11(16)5-2-8(6-21-7-9)12(15)13(17)18/h6-7,10,12H,2-5H2,1H3,(H,17,18)/t10-,12+,15+/m0/s1. The van der Waals surface area contributed by atoms with Crippen LogP contribution in [0.1, 0.15) is 25.7 Å². The van der Waals surface area contributed by atoms with Crippen molar-refractivity contribution in [2.24, 2.45) is 17.3 Å². The lowest BCUT2D eigenvalue weighted by molar-refractivity contribution is -0.164. The molecule has 0 amide bonds. The van der Waals surface area contributed by atoms with Crippen LogP contribution in [0.3, 0.4) is 0 Å². The lowest BCUT2D eigenvalue weighted by Crippen LogP contribution is -2.48. The molecule has 0 unspecified atom stereocenters. The summed E-state index contributed by atoms with van der Waals surface area (Å²) in [7, 11) is 1.22. The fraction of sp³-hybridized carbons (Fsp3) is 0.533. The van der Waals surface area contributed by atoms with Crippen molar-refractivity contribution in [1.82, 2.24) is 0 Å². The lowest BCUT2D eigenvalue weighted by atomic mass is 9.64. The van der Waals surface area contributed by atoms with Gasteiger partial charge in [-0.1, -0.05) is 0 Å². The Morgan fingerprint density at radius 3 is 2.76 bits per heavy atom. The zero-order valence-electron chi connectivity index (χ0n) is 11.6. The van der Waals surface area contributed by atoms with E-state index in [0.29, 0.717) is 30.4 Å². The van der Waals surface area contributed by atoms with Crippen LogP contribution in [0.4, 0.5) is 0 Å². The van der Waals surface area contributed by atoms with Crippen LogP contribution >= 0.6 is 0 Å². The number of carboxylic acid groups (broad SMARTS) is 1. The minimum absolute atomic E-state index is 0.0691. The highest BCUT2D eigenvalue weighted by molar-refractivity contribution is 5.98.